The molecule has 0 unspecified atom stereocenters. The molecule has 1 aromatic carbocycles. The number of carboxylic acid groups (broad SMARTS) is 1. The number of aryl methyl sites for hydroxylation is 1. The highest BCUT2D eigenvalue weighted by atomic mass is 35.5. The van der Waals surface area contributed by atoms with Crippen LogP contribution in [0.2, 0.25) is 5.02 Å². The average Bonchev–Trinajstić information content (AvgIpc) is 2.47. The molecule has 0 bridgehead atoms. The Balaban J connectivity index is 2.85. The van der Waals surface area contributed by atoms with Crippen molar-refractivity contribution >= 4 is 28.6 Å². The molecule has 2 rings (SSSR count). The van der Waals surface area contributed by atoms with Crippen LogP contribution in [0.4, 0.5) is 4.79 Å². The maximum atomic E-state index is 10.8. The summed E-state index contributed by atoms with van der Waals surface area (Å²) in [5.41, 5.74) is 1.57. The van der Waals surface area contributed by atoms with E-state index in [0.29, 0.717) is 10.5 Å². The third kappa shape index (κ3) is 1.26. The summed E-state index contributed by atoms with van der Waals surface area (Å²) >= 11 is 5.97. The molecule has 0 atom stereocenters. The number of aromatic nitrogens is 1. The van der Waals surface area contributed by atoms with Crippen LogP contribution in [-0.4, -0.2) is 15.8 Å². The summed E-state index contributed by atoms with van der Waals surface area (Å²) < 4.78 is 1.12. The van der Waals surface area contributed by atoms with Gasteiger partial charge in [0.05, 0.1) is 10.5 Å². The molecule has 0 aliphatic carbocycles. The van der Waals surface area contributed by atoms with E-state index < -0.39 is 6.09 Å². The Morgan fingerprint density at radius 2 is 2.21 bits per heavy atom. The molecule has 3 nitrogen and oxygen atoms in total. The van der Waals surface area contributed by atoms with E-state index in [4.69, 9.17) is 16.7 Å². The molecule has 72 valence electrons. The van der Waals surface area contributed by atoms with E-state index in [9.17, 15) is 4.79 Å². The Kier molecular flexibility index (Phi) is 1.97. The number of hydrogen-bond donors (Lipinski definition) is 1. The van der Waals surface area contributed by atoms with Crippen LogP contribution in [0.3, 0.4) is 0 Å². The van der Waals surface area contributed by atoms with Crippen molar-refractivity contribution in [1.29, 1.82) is 0 Å². The van der Waals surface area contributed by atoms with Crippen molar-refractivity contribution in [1.82, 2.24) is 4.57 Å². The lowest BCUT2D eigenvalue weighted by molar-refractivity contribution is 0.197. The van der Waals surface area contributed by atoms with Gasteiger partial charge in [0, 0.05) is 11.6 Å². The van der Waals surface area contributed by atoms with Gasteiger partial charge in [-0.1, -0.05) is 11.6 Å². The molecule has 0 amide bonds. The second-order valence-electron chi connectivity index (χ2n) is 3.15. The van der Waals surface area contributed by atoms with Gasteiger partial charge >= 0.3 is 6.09 Å². The highest BCUT2D eigenvalue weighted by Crippen LogP contribution is 2.26. The van der Waals surface area contributed by atoms with Crippen molar-refractivity contribution in [3.8, 4) is 0 Å². The molecule has 1 heterocycles. The number of nitrogens with zero attached hydrogens (tertiary/aromatic N) is 1. The zero-order valence-electron chi connectivity index (χ0n) is 7.49. The molecule has 1 aromatic heterocycles. The predicted octanol–water partition coefficient (Wildman–Crippen LogP) is 3.13. The molecule has 1 N–H and O–H groups in total. The van der Waals surface area contributed by atoms with Gasteiger partial charge in [-0.3, -0.25) is 4.57 Å². The standard InChI is InChI=1S/C10H8ClNO2/c1-6-4-7-2-3-12(10(13)14)9(7)8(11)5-6/h2-5H,1H3,(H,13,14). The van der Waals surface area contributed by atoms with Gasteiger partial charge in [-0.05, 0) is 30.7 Å². The number of rotatable bonds is 0. The van der Waals surface area contributed by atoms with E-state index >= 15 is 0 Å². The minimum absolute atomic E-state index is 0.465. The summed E-state index contributed by atoms with van der Waals surface area (Å²) in [7, 11) is 0. The number of hydrogen-bond acceptors (Lipinski definition) is 1. The van der Waals surface area contributed by atoms with E-state index in [-0.39, 0.29) is 0 Å². The average molecular weight is 210 g/mol. The van der Waals surface area contributed by atoms with Crippen molar-refractivity contribution < 1.29 is 9.90 Å². The highest BCUT2D eigenvalue weighted by molar-refractivity contribution is 6.35. The van der Waals surface area contributed by atoms with Crippen molar-refractivity contribution in [3.63, 3.8) is 0 Å². The van der Waals surface area contributed by atoms with Gasteiger partial charge < -0.3 is 5.11 Å². The predicted molar refractivity (Wildman–Crippen MR) is 55.1 cm³/mol. The Labute approximate surface area is 85.5 Å². The molecule has 0 fully saturated rings. The molecular weight excluding hydrogens is 202 g/mol. The Hall–Kier alpha value is -1.48. The Bertz CT molecular complexity index is 516. The second kappa shape index (κ2) is 3.03. The second-order valence-corrected chi connectivity index (χ2v) is 3.56. The van der Waals surface area contributed by atoms with Gasteiger partial charge in [0.25, 0.3) is 0 Å². The summed E-state index contributed by atoms with van der Waals surface area (Å²) in [5, 5.41) is 10.2. The van der Waals surface area contributed by atoms with Crippen LogP contribution in [0.15, 0.2) is 24.4 Å². The zero-order valence-corrected chi connectivity index (χ0v) is 8.25. The molecule has 0 aliphatic rings. The maximum Gasteiger partial charge on any atom is 0.416 e. The summed E-state index contributed by atoms with van der Waals surface area (Å²) in [4.78, 5) is 10.8. The normalized spacial score (nSPS) is 10.7. The van der Waals surface area contributed by atoms with Crippen LogP contribution >= 0.6 is 11.6 Å². The van der Waals surface area contributed by atoms with E-state index in [0.717, 1.165) is 15.5 Å². The van der Waals surface area contributed by atoms with Crippen molar-refractivity contribution in [3.05, 3.63) is 35.0 Å². The largest absolute Gasteiger partial charge is 0.464 e. The third-order valence-electron chi connectivity index (χ3n) is 2.09. The number of benzene rings is 1. The first-order valence-electron chi connectivity index (χ1n) is 4.10. The molecule has 14 heavy (non-hydrogen) atoms. The molecule has 4 heteroatoms. The van der Waals surface area contributed by atoms with Crippen molar-refractivity contribution in [2.24, 2.45) is 0 Å². The minimum Gasteiger partial charge on any atom is -0.464 e. The van der Waals surface area contributed by atoms with Crippen molar-refractivity contribution in [2.75, 3.05) is 0 Å². The zero-order chi connectivity index (χ0) is 10.3. The lowest BCUT2D eigenvalue weighted by atomic mass is 10.2. The van der Waals surface area contributed by atoms with Crippen molar-refractivity contribution in [2.45, 2.75) is 6.92 Å². The molecule has 0 aliphatic heterocycles. The van der Waals surface area contributed by atoms with Gasteiger partial charge in [0.2, 0.25) is 0 Å². The molecule has 0 radical (unpaired) electrons. The van der Waals surface area contributed by atoms with Crippen LogP contribution in [0.1, 0.15) is 5.56 Å². The maximum absolute atomic E-state index is 10.8. The third-order valence-corrected chi connectivity index (χ3v) is 2.38. The number of fused-ring (bicyclic) bond motifs is 1. The Morgan fingerprint density at radius 1 is 1.50 bits per heavy atom. The first-order valence-corrected chi connectivity index (χ1v) is 4.48. The fraction of sp³-hybridized carbons (Fsp3) is 0.100. The SMILES string of the molecule is Cc1cc(Cl)c2c(ccn2C(=O)O)c1. The molecule has 0 saturated carbocycles. The van der Waals surface area contributed by atoms with Gasteiger partial charge in [-0.2, -0.15) is 0 Å². The fourth-order valence-electron chi connectivity index (χ4n) is 1.53. The van der Waals surface area contributed by atoms with Gasteiger partial charge in [-0.15, -0.1) is 0 Å². The van der Waals surface area contributed by atoms with Gasteiger partial charge in [-0.25, -0.2) is 4.79 Å². The molecule has 0 saturated heterocycles. The number of carbonyl (C=O) groups is 1. The lowest BCUT2D eigenvalue weighted by Gasteiger charge is -2.01. The first-order chi connectivity index (χ1) is 6.59. The van der Waals surface area contributed by atoms with E-state index in [1.807, 2.05) is 13.0 Å². The summed E-state index contributed by atoms with van der Waals surface area (Å²) in [6.07, 6.45) is 0.476. The first kappa shape index (κ1) is 9.09. The highest BCUT2D eigenvalue weighted by Gasteiger charge is 2.10. The van der Waals surface area contributed by atoms with Crippen LogP contribution in [0, 0.1) is 6.92 Å². The monoisotopic (exact) mass is 209 g/mol. The van der Waals surface area contributed by atoms with Gasteiger partial charge in [0.1, 0.15) is 0 Å². The van der Waals surface area contributed by atoms with Gasteiger partial charge in [0.15, 0.2) is 0 Å². The summed E-state index contributed by atoms with van der Waals surface area (Å²) in [6.45, 7) is 1.92. The quantitative estimate of drug-likeness (QED) is 0.724. The Morgan fingerprint density at radius 3 is 2.86 bits per heavy atom. The number of halogens is 1. The minimum atomic E-state index is -1.02. The van der Waals surface area contributed by atoms with Crippen LogP contribution in [0.25, 0.3) is 10.9 Å². The van der Waals surface area contributed by atoms with Crippen LogP contribution in [0.5, 0.6) is 0 Å². The van der Waals surface area contributed by atoms with Crippen LogP contribution in [-0.2, 0) is 0 Å². The van der Waals surface area contributed by atoms with Crippen LogP contribution < -0.4 is 0 Å². The molecule has 0 spiro atoms. The van der Waals surface area contributed by atoms with E-state index in [1.165, 1.54) is 6.20 Å². The molecular formula is C10H8ClNO2. The van der Waals surface area contributed by atoms with E-state index in [1.54, 1.807) is 12.1 Å². The summed E-state index contributed by atoms with van der Waals surface area (Å²) in [6, 6.07) is 5.40. The van der Waals surface area contributed by atoms with E-state index in [2.05, 4.69) is 0 Å². The fourth-order valence-corrected chi connectivity index (χ4v) is 1.90. The molecule has 2 aromatic rings. The lowest BCUT2D eigenvalue weighted by Crippen LogP contribution is -2.05. The smallest absolute Gasteiger partial charge is 0.416 e. The summed E-state index contributed by atoms with van der Waals surface area (Å²) in [5.74, 6) is 0. The topological polar surface area (TPSA) is 42.2 Å².